The van der Waals surface area contributed by atoms with E-state index in [9.17, 15) is 42.6 Å². The van der Waals surface area contributed by atoms with E-state index in [1.807, 2.05) is 0 Å². The largest absolute Gasteiger partial charge is 0.508 e. The molecule has 16 heteroatoms. The Labute approximate surface area is 295 Å². The van der Waals surface area contributed by atoms with E-state index in [0.29, 0.717) is 5.56 Å². The number of hydrogen-bond acceptors (Lipinski definition) is 7. The van der Waals surface area contributed by atoms with Crippen LogP contribution in [0.25, 0.3) is 0 Å². The van der Waals surface area contributed by atoms with Crippen molar-refractivity contribution in [3.63, 3.8) is 0 Å². The van der Waals surface area contributed by atoms with Gasteiger partial charge >= 0.3 is 0 Å². The fourth-order valence-corrected chi connectivity index (χ4v) is 8.92. The summed E-state index contributed by atoms with van der Waals surface area (Å²) in [6, 6.07) is 9.93. The normalized spacial score (nSPS) is 28.5. The van der Waals surface area contributed by atoms with Gasteiger partial charge in [-0.1, -0.05) is 23.8 Å². The number of nitrogens with zero attached hydrogens (tertiary/aromatic N) is 2. The number of phenolic OH excluding ortho intramolecular Hbond substituents is 2. The molecule has 3 aromatic rings. The van der Waals surface area contributed by atoms with Gasteiger partial charge < -0.3 is 14.9 Å². The maximum atomic E-state index is 15.2. The van der Waals surface area contributed by atoms with Gasteiger partial charge in [-0.25, -0.2) is 26.9 Å². The number of alkyl halides is 2. The standard InChI is InChI=1S/C35H25Cl2F5N2O7/c1-51-16-6-9-21(46)19(12-16)23-17-7-8-18-22(31(48)43(30(18)47)11-10-14-2-4-15(45)5-3-14)20(17)13-34(36)32(49)44(33(50)35(23,34)37)29-27(41)25(39)24(38)26(40)28(29)42/h2-7,9,12,18,20,22-23,45-46H,8,10-11,13H2,1H3/t18-,20+,22-,23+,34+,35-/m0/s1. The van der Waals surface area contributed by atoms with Crippen LogP contribution in [0.2, 0.25) is 0 Å². The van der Waals surface area contributed by atoms with E-state index in [0.717, 1.165) is 4.90 Å². The Hall–Kier alpha value is -4.69. The number of carbonyl (C=O) groups excluding carboxylic acids is 4. The van der Waals surface area contributed by atoms with E-state index in [4.69, 9.17) is 27.9 Å². The van der Waals surface area contributed by atoms with Gasteiger partial charge in [0.1, 0.15) is 22.9 Å². The monoisotopic (exact) mass is 750 g/mol. The van der Waals surface area contributed by atoms with Crippen molar-refractivity contribution in [3.8, 4) is 17.2 Å². The SMILES string of the molecule is COc1ccc(O)c([C@H]2C3=CC[C@@H]4C(=O)N(CCc5ccc(O)cc5)C(=O)[C@@H]4[C@@H]3C[C@@]3(Cl)C(=O)N(c4c(F)c(F)c(F)c(F)c4F)C(=O)[C@@]23Cl)c1. The number of ether oxygens (including phenoxy) is 1. The zero-order valence-corrected chi connectivity index (χ0v) is 27.7. The van der Waals surface area contributed by atoms with Crippen LogP contribution in [0.1, 0.15) is 29.9 Å². The average molecular weight is 751 g/mol. The van der Waals surface area contributed by atoms with Gasteiger partial charge in [0.05, 0.1) is 18.9 Å². The molecule has 2 heterocycles. The van der Waals surface area contributed by atoms with Crippen LogP contribution in [0.15, 0.2) is 54.1 Å². The van der Waals surface area contributed by atoms with Crippen LogP contribution in [0, 0.1) is 46.8 Å². The van der Waals surface area contributed by atoms with Gasteiger partial charge in [0.2, 0.25) is 17.6 Å². The molecule has 0 radical (unpaired) electrons. The molecule has 6 atom stereocenters. The molecule has 2 N–H and O–H groups in total. The second-order valence-corrected chi connectivity index (χ2v) is 14.1. The van der Waals surface area contributed by atoms with Crippen molar-refractivity contribution in [2.45, 2.75) is 34.9 Å². The Kier molecular flexibility index (Phi) is 8.14. The number of hydrogen-bond donors (Lipinski definition) is 2. The Balaban J connectivity index is 1.37. The minimum absolute atomic E-state index is 0.0228. The molecule has 266 valence electrons. The molecule has 2 aliphatic heterocycles. The van der Waals surface area contributed by atoms with Crippen LogP contribution in [-0.4, -0.2) is 62.1 Å². The number of aromatic hydroxyl groups is 2. The number of rotatable bonds is 6. The predicted octanol–water partition coefficient (Wildman–Crippen LogP) is 5.61. The van der Waals surface area contributed by atoms with E-state index in [1.54, 1.807) is 12.1 Å². The number of amides is 4. The number of carbonyl (C=O) groups is 4. The second kappa shape index (κ2) is 11.9. The fourth-order valence-electron chi connectivity index (χ4n) is 7.99. The number of fused-ring (bicyclic) bond motifs is 4. The number of anilines is 1. The fraction of sp³-hybridized carbons (Fsp3) is 0.314. The van der Waals surface area contributed by atoms with Crippen molar-refractivity contribution >= 4 is 52.5 Å². The van der Waals surface area contributed by atoms with Gasteiger partial charge in [-0.05, 0) is 61.1 Å². The molecule has 51 heavy (non-hydrogen) atoms. The molecule has 1 saturated carbocycles. The zero-order valence-electron chi connectivity index (χ0n) is 26.2. The number of imide groups is 2. The van der Waals surface area contributed by atoms with Crippen molar-refractivity contribution in [3.05, 3.63) is 94.3 Å². The lowest BCUT2D eigenvalue weighted by Crippen LogP contribution is -2.60. The first-order valence-electron chi connectivity index (χ1n) is 15.6. The van der Waals surface area contributed by atoms with E-state index in [1.165, 1.54) is 43.5 Å². The number of likely N-dealkylation sites (tertiary alicyclic amines) is 1. The maximum absolute atomic E-state index is 15.2. The summed E-state index contributed by atoms with van der Waals surface area (Å²) in [5.41, 5.74) is -1.16. The summed E-state index contributed by atoms with van der Waals surface area (Å²) in [5, 5.41) is 20.7. The smallest absolute Gasteiger partial charge is 0.258 e. The number of allylic oxidation sites excluding steroid dienone is 2. The highest BCUT2D eigenvalue weighted by atomic mass is 35.5. The van der Waals surface area contributed by atoms with E-state index < -0.39 is 104 Å². The van der Waals surface area contributed by atoms with Crippen LogP contribution >= 0.6 is 23.2 Å². The minimum atomic E-state index is -2.78. The molecule has 3 fully saturated rings. The van der Waals surface area contributed by atoms with Gasteiger partial charge in [-0.3, -0.25) is 24.1 Å². The molecule has 0 bridgehead atoms. The summed E-state index contributed by atoms with van der Waals surface area (Å²) in [5.74, 6) is -22.1. The first-order chi connectivity index (χ1) is 24.1. The van der Waals surface area contributed by atoms with Crippen molar-refractivity contribution in [2.24, 2.45) is 17.8 Å². The third kappa shape index (κ3) is 4.71. The van der Waals surface area contributed by atoms with Crippen LogP contribution in [0.5, 0.6) is 17.2 Å². The molecule has 3 aromatic carbocycles. The first kappa shape index (κ1) is 34.7. The number of benzene rings is 3. The van der Waals surface area contributed by atoms with Crippen molar-refractivity contribution < 1.29 is 56.1 Å². The second-order valence-electron chi connectivity index (χ2n) is 12.9. The van der Waals surface area contributed by atoms with E-state index >= 15 is 8.78 Å². The van der Waals surface area contributed by atoms with E-state index in [2.05, 4.69) is 0 Å². The summed E-state index contributed by atoms with van der Waals surface area (Å²) in [4.78, 5) is 51.7. The summed E-state index contributed by atoms with van der Waals surface area (Å²) in [6.45, 7) is -0.0471. The Morgan fingerprint density at radius 3 is 2.10 bits per heavy atom. The van der Waals surface area contributed by atoms with Gasteiger partial charge in [0, 0.05) is 18.0 Å². The lowest BCUT2D eigenvalue weighted by molar-refractivity contribution is -0.140. The molecule has 2 aliphatic carbocycles. The minimum Gasteiger partial charge on any atom is -0.508 e. The summed E-state index contributed by atoms with van der Waals surface area (Å²) >= 11 is 14.2. The quantitative estimate of drug-likeness (QED) is 0.0839. The van der Waals surface area contributed by atoms with E-state index in [-0.39, 0.29) is 46.9 Å². The number of phenols is 2. The molecule has 0 aromatic heterocycles. The highest BCUT2D eigenvalue weighted by molar-refractivity contribution is 6.58. The maximum Gasteiger partial charge on any atom is 0.258 e. The highest BCUT2D eigenvalue weighted by Crippen LogP contribution is 2.66. The number of halogens is 7. The van der Waals surface area contributed by atoms with Crippen molar-refractivity contribution in [1.29, 1.82) is 0 Å². The van der Waals surface area contributed by atoms with Crippen LogP contribution in [0.3, 0.4) is 0 Å². The summed E-state index contributed by atoms with van der Waals surface area (Å²) in [7, 11) is 1.29. The molecule has 4 amide bonds. The van der Waals surface area contributed by atoms with Crippen molar-refractivity contribution in [1.82, 2.24) is 4.90 Å². The molecule has 2 saturated heterocycles. The Morgan fingerprint density at radius 2 is 1.47 bits per heavy atom. The van der Waals surface area contributed by atoms with Gasteiger partial charge in [0.15, 0.2) is 33.0 Å². The van der Waals surface area contributed by atoms with Gasteiger partial charge in [0.25, 0.3) is 11.8 Å². The van der Waals surface area contributed by atoms with Crippen LogP contribution in [-0.2, 0) is 25.6 Å². The van der Waals surface area contributed by atoms with Gasteiger partial charge in [-0.2, -0.15) is 0 Å². The molecule has 9 nitrogen and oxygen atoms in total. The van der Waals surface area contributed by atoms with Crippen molar-refractivity contribution in [2.75, 3.05) is 18.6 Å². The lowest BCUT2D eigenvalue weighted by atomic mass is 9.56. The lowest BCUT2D eigenvalue weighted by Gasteiger charge is -2.50. The zero-order chi connectivity index (χ0) is 36.9. The molecule has 7 rings (SSSR count). The molecule has 0 unspecified atom stereocenters. The van der Waals surface area contributed by atoms with Gasteiger partial charge in [-0.15, -0.1) is 23.2 Å². The summed E-state index contributed by atoms with van der Waals surface area (Å²) in [6.07, 6.45) is 1.04. The molecule has 4 aliphatic rings. The van der Waals surface area contributed by atoms with Crippen LogP contribution in [0.4, 0.5) is 27.6 Å². The Bertz CT molecular complexity index is 2070. The third-order valence-corrected chi connectivity index (χ3v) is 11.8. The van der Waals surface area contributed by atoms with Crippen LogP contribution < -0.4 is 9.64 Å². The summed E-state index contributed by atoms with van der Waals surface area (Å²) < 4.78 is 78.6. The molecular formula is C35H25Cl2F5N2O7. The average Bonchev–Trinajstić information content (AvgIpc) is 3.44. The predicted molar refractivity (Wildman–Crippen MR) is 170 cm³/mol. The molecule has 0 spiro atoms. The number of methoxy groups -OCH3 is 1. The Morgan fingerprint density at radius 1 is 0.843 bits per heavy atom. The third-order valence-electron chi connectivity index (χ3n) is 10.4. The molecular weight excluding hydrogens is 726 g/mol. The highest BCUT2D eigenvalue weighted by Gasteiger charge is 2.77. The topological polar surface area (TPSA) is 124 Å². The first-order valence-corrected chi connectivity index (χ1v) is 16.3.